The monoisotopic (exact) mass is 425 g/mol. The fourth-order valence-corrected chi connectivity index (χ4v) is 3.46. The van der Waals surface area contributed by atoms with E-state index < -0.39 is 11.2 Å². The lowest BCUT2D eigenvalue weighted by Gasteiger charge is -2.14. The Balaban J connectivity index is 2.16. The second-order valence-electron chi connectivity index (χ2n) is 6.57. The molecular formula is C18H21Cl2N5O3. The summed E-state index contributed by atoms with van der Waals surface area (Å²) in [6.45, 7) is 1.87. The van der Waals surface area contributed by atoms with Crippen LogP contribution >= 0.6 is 23.2 Å². The molecule has 0 aliphatic carbocycles. The molecule has 0 spiro atoms. The molecule has 0 bridgehead atoms. The molecule has 0 aliphatic heterocycles. The molecule has 0 aliphatic rings. The highest BCUT2D eigenvalue weighted by molar-refractivity contribution is 6.35. The van der Waals surface area contributed by atoms with Gasteiger partial charge in [0.05, 0.1) is 19.2 Å². The first-order chi connectivity index (χ1) is 13.3. The summed E-state index contributed by atoms with van der Waals surface area (Å²) in [6.07, 6.45) is 0.679. The van der Waals surface area contributed by atoms with Gasteiger partial charge in [0.25, 0.3) is 5.56 Å². The van der Waals surface area contributed by atoms with Crippen LogP contribution in [0.1, 0.15) is 18.9 Å². The number of rotatable bonds is 6. The summed E-state index contributed by atoms with van der Waals surface area (Å²) in [5.41, 5.74) is 0.191. The van der Waals surface area contributed by atoms with Crippen molar-refractivity contribution in [2.24, 2.45) is 14.1 Å². The number of hydrogen-bond donors (Lipinski definition) is 2. The molecule has 0 radical (unpaired) electrons. The summed E-state index contributed by atoms with van der Waals surface area (Å²) >= 11 is 12.1. The zero-order valence-electron chi connectivity index (χ0n) is 15.7. The molecule has 2 aromatic heterocycles. The van der Waals surface area contributed by atoms with E-state index in [-0.39, 0.29) is 30.4 Å². The van der Waals surface area contributed by atoms with Gasteiger partial charge in [-0.25, -0.2) is 4.79 Å². The van der Waals surface area contributed by atoms with Crippen LogP contribution in [0.15, 0.2) is 27.8 Å². The number of aliphatic hydroxyl groups is 1. The largest absolute Gasteiger partial charge is 0.394 e. The van der Waals surface area contributed by atoms with Crippen LogP contribution in [0.2, 0.25) is 10.0 Å². The highest BCUT2D eigenvalue weighted by atomic mass is 35.5. The zero-order chi connectivity index (χ0) is 20.6. The molecule has 0 saturated heterocycles. The van der Waals surface area contributed by atoms with Crippen LogP contribution in [0.25, 0.3) is 11.2 Å². The van der Waals surface area contributed by atoms with E-state index in [1.165, 1.54) is 4.57 Å². The van der Waals surface area contributed by atoms with Crippen LogP contribution in [-0.2, 0) is 20.6 Å². The number of anilines is 1. The highest BCUT2D eigenvalue weighted by Gasteiger charge is 2.20. The number of hydrogen-bond acceptors (Lipinski definition) is 5. The maximum absolute atomic E-state index is 13.1. The van der Waals surface area contributed by atoms with Crippen LogP contribution < -0.4 is 16.6 Å². The standard InChI is InChI=1S/C18H21Cl2N5O3/c1-4-12(9-26)21-17-22-15-14(23(17)2)16(27)25(18(28)24(15)3)8-10-5-6-11(19)7-13(10)20/h5-7,12,26H,4,8-9H2,1-3H3,(H,21,22)/t12-/m1/s1. The Labute approximate surface area is 170 Å². The molecule has 0 saturated carbocycles. The van der Waals surface area contributed by atoms with Gasteiger partial charge in [0.2, 0.25) is 5.95 Å². The van der Waals surface area contributed by atoms with Crippen LogP contribution in [0.5, 0.6) is 0 Å². The van der Waals surface area contributed by atoms with Crippen molar-refractivity contribution in [2.75, 3.05) is 11.9 Å². The van der Waals surface area contributed by atoms with Crippen molar-refractivity contribution in [3.8, 4) is 0 Å². The van der Waals surface area contributed by atoms with Crippen LogP contribution in [-0.4, -0.2) is 36.4 Å². The molecular weight excluding hydrogens is 405 g/mol. The minimum atomic E-state index is -0.498. The van der Waals surface area contributed by atoms with E-state index in [9.17, 15) is 14.7 Å². The molecule has 1 aromatic carbocycles. The molecule has 2 N–H and O–H groups in total. The minimum Gasteiger partial charge on any atom is -0.394 e. The van der Waals surface area contributed by atoms with Gasteiger partial charge < -0.3 is 15.0 Å². The van der Waals surface area contributed by atoms with Crippen LogP contribution in [0.4, 0.5) is 5.95 Å². The van der Waals surface area contributed by atoms with Gasteiger partial charge in [-0.3, -0.25) is 13.9 Å². The van der Waals surface area contributed by atoms with E-state index in [1.807, 2.05) is 6.92 Å². The molecule has 0 fully saturated rings. The molecule has 150 valence electrons. The smallest absolute Gasteiger partial charge is 0.332 e. The topological polar surface area (TPSA) is 94.1 Å². The number of nitrogens with one attached hydrogen (secondary N) is 1. The second-order valence-corrected chi connectivity index (χ2v) is 7.41. The third-order valence-corrected chi connectivity index (χ3v) is 5.34. The van der Waals surface area contributed by atoms with Crippen molar-refractivity contribution >= 4 is 40.3 Å². The minimum absolute atomic E-state index is 0.0135. The number of aryl methyl sites for hydroxylation is 2. The van der Waals surface area contributed by atoms with Crippen molar-refractivity contribution in [3.05, 3.63) is 54.6 Å². The maximum Gasteiger partial charge on any atom is 0.332 e. The molecule has 8 nitrogen and oxygen atoms in total. The first-order valence-corrected chi connectivity index (χ1v) is 9.51. The Kier molecular flexibility index (Phi) is 5.83. The summed E-state index contributed by atoms with van der Waals surface area (Å²) in [6, 6.07) is 4.70. The Morgan fingerprint density at radius 3 is 2.54 bits per heavy atom. The van der Waals surface area contributed by atoms with Gasteiger partial charge >= 0.3 is 5.69 Å². The average Bonchev–Trinajstić information content (AvgIpc) is 2.99. The van der Waals surface area contributed by atoms with Crippen molar-refractivity contribution in [3.63, 3.8) is 0 Å². The fourth-order valence-electron chi connectivity index (χ4n) is 2.99. The number of aromatic nitrogens is 4. The van der Waals surface area contributed by atoms with Gasteiger partial charge in [-0.2, -0.15) is 4.98 Å². The molecule has 10 heteroatoms. The molecule has 3 rings (SSSR count). The van der Waals surface area contributed by atoms with E-state index in [0.717, 1.165) is 4.57 Å². The van der Waals surface area contributed by atoms with Crippen molar-refractivity contribution in [2.45, 2.75) is 25.9 Å². The van der Waals surface area contributed by atoms with Crippen molar-refractivity contribution in [1.29, 1.82) is 0 Å². The zero-order valence-corrected chi connectivity index (χ0v) is 17.3. The first kappa shape index (κ1) is 20.4. The normalized spacial score (nSPS) is 12.5. The summed E-state index contributed by atoms with van der Waals surface area (Å²) in [7, 11) is 3.25. The fraction of sp³-hybridized carbons (Fsp3) is 0.389. The first-order valence-electron chi connectivity index (χ1n) is 8.76. The molecule has 3 aromatic rings. The predicted molar refractivity (Wildman–Crippen MR) is 111 cm³/mol. The number of nitrogens with zero attached hydrogens (tertiary/aromatic N) is 4. The lowest BCUT2D eigenvalue weighted by molar-refractivity contribution is 0.271. The van der Waals surface area contributed by atoms with E-state index in [0.29, 0.717) is 28.0 Å². The Hall–Kier alpha value is -2.29. The van der Waals surface area contributed by atoms with Crippen LogP contribution in [0, 0.1) is 0 Å². The highest BCUT2D eigenvalue weighted by Crippen LogP contribution is 2.21. The van der Waals surface area contributed by atoms with Gasteiger partial charge in [0.1, 0.15) is 0 Å². The van der Waals surface area contributed by atoms with E-state index in [2.05, 4.69) is 10.3 Å². The van der Waals surface area contributed by atoms with E-state index in [4.69, 9.17) is 23.2 Å². The summed E-state index contributed by atoms with van der Waals surface area (Å²) < 4.78 is 4.04. The van der Waals surface area contributed by atoms with Gasteiger partial charge in [0.15, 0.2) is 11.2 Å². The number of halogens is 2. The second kappa shape index (κ2) is 7.98. The number of benzene rings is 1. The lowest BCUT2D eigenvalue weighted by atomic mass is 10.2. The summed E-state index contributed by atoms with van der Waals surface area (Å²) in [5.74, 6) is 0.408. The molecule has 1 atom stereocenters. The van der Waals surface area contributed by atoms with Gasteiger partial charge in [-0.1, -0.05) is 36.2 Å². The summed E-state index contributed by atoms with van der Waals surface area (Å²) in [4.78, 5) is 30.3. The SMILES string of the molecule is CC[C@H](CO)Nc1nc2c(c(=O)n(Cc3ccc(Cl)cc3Cl)c(=O)n2C)n1C. The third kappa shape index (κ3) is 3.55. The molecule has 28 heavy (non-hydrogen) atoms. The van der Waals surface area contributed by atoms with Gasteiger partial charge in [-0.05, 0) is 24.1 Å². The molecule has 2 heterocycles. The predicted octanol–water partition coefficient (Wildman–Crippen LogP) is 1.97. The van der Waals surface area contributed by atoms with Gasteiger partial charge in [-0.15, -0.1) is 0 Å². The quantitative estimate of drug-likeness (QED) is 0.629. The van der Waals surface area contributed by atoms with Crippen LogP contribution in [0.3, 0.4) is 0 Å². The average molecular weight is 426 g/mol. The van der Waals surface area contributed by atoms with E-state index in [1.54, 1.807) is 36.9 Å². The number of fused-ring (bicyclic) bond motifs is 1. The lowest BCUT2D eigenvalue weighted by Crippen LogP contribution is -2.39. The van der Waals surface area contributed by atoms with Crippen molar-refractivity contribution in [1.82, 2.24) is 18.7 Å². The molecule has 0 unspecified atom stereocenters. The number of aliphatic hydroxyl groups excluding tert-OH is 1. The number of imidazole rings is 1. The molecule has 0 amide bonds. The Bertz CT molecular complexity index is 1140. The Morgan fingerprint density at radius 2 is 1.93 bits per heavy atom. The van der Waals surface area contributed by atoms with Crippen molar-refractivity contribution < 1.29 is 5.11 Å². The van der Waals surface area contributed by atoms with E-state index >= 15 is 0 Å². The summed E-state index contributed by atoms with van der Waals surface area (Å²) in [5, 5.41) is 13.4. The maximum atomic E-state index is 13.1. The van der Waals surface area contributed by atoms with Gasteiger partial charge in [0, 0.05) is 24.1 Å². The third-order valence-electron chi connectivity index (χ3n) is 4.75. The Morgan fingerprint density at radius 1 is 1.21 bits per heavy atom.